The van der Waals surface area contributed by atoms with E-state index in [-0.39, 0.29) is 11.0 Å². The van der Waals surface area contributed by atoms with Crippen molar-refractivity contribution in [1.29, 1.82) is 0 Å². The van der Waals surface area contributed by atoms with Crippen LogP contribution < -0.4 is 0 Å². The molecule has 0 amide bonds. The van der Waals surface area contributed by atoms with Gasteiger partial charge in [-0.05, 0) is 18.8 Å². The molecule has 0 aromatic rings. The largest absolute Gasteiger partial charge is 0.367 e. The van der Waals surface area contributed by atoms with Crippen LogP contribution in [-0.2, 0) is 9.53 Å². The van der Waals surface area contributed by atoms with Crippen molar-refractivity contribution in [3.63, 3.8) is 0 Å². The Balaban J connectivity index is 2.25. The van der Waals surface area contributed by atoms with Gasteiger partial charge in [-0.25, -0.2) is 0 Å². The molecule has 2 aliphatic heterocycles. The molecule has 84 valence electrons. The first kappa shape index (κ1) is 10.9. The highest BCUT2D eigenvalue weighted by atomic mass is 16.5. The minimum absolute atomic E-state index is 0.124. The van der Waals surface area contributed by atoms with E-state index in [2.05, 4.69) is 26.8 Å². The maximum absolute atomic E-state index is 10.3. The number of fused-ring (bicyclic) bond motifs is 2. The molecule has 0 radical (unpaired) electrons. The lowest BCUT2D eigenvalue weighted by molar-refractivity contribution is -0.107. The monoisotopic (exact) mass is 208 g/mol. The van der Waals surface area contributed by atoms with E-state index in [1.165, 1.54) is 0 Å². The van der Waals surface area contributed by atoms with Gasteiger partial charge in [0.15, 0.2) is 0 Å². The number of hydrogen-bond donors (Lipinski definition) is 0. The van der Waals surface area contributed by atoms with E-state index in [1.807, 2.05) is 6.08 Å². The minimum atomic E-state index is -0.124. The van der Waals surface area contributed by atoms with Crippen molar-refractivity contribution >= 4 is 6.29 Å². The molecule has 0 N–H and O–H groups in total. The van der Waals surface area contributed by atoms with Gasteiger partial charge in [-0.2, -0.15) is 0 Å². The fourth-order valence-corrected chi connectivity index (χ4v) is 3.42. The fraction of sp³-hybridized carbons (Fsp3) is 0.769. The second kappa shape index (κ2) is 3.44. The zero-order valence-electron chi connectivity index (χ0n) is 9.82. The topological polar surface area (TPSA) is 26.3 Å². The lowest BCUT2D eigenvalue weighted by Crippen LogP contribution is -2.44. The van der Waals surface area contributed by atoms with Crippen LogP contribution in [0.5, 0.6) is 0 Å². The zero-order valence-corrected chi connectivity index (χ0v) is 9.82. The summed E-state index contributed by atoms with van der Waals surface area (Å²) in [5.74, 6) is 0.564. The second-order valence-electron chi connectivity index (χ2n) is 5.56. The van der Waals surface area contributed by atoms with Crippen LogP contribution >= 0.6 is 0 Å². The summed E-state index contributed by atoms with van der Waals surface area (Å²) in [5, 5.41) is 0. The smallest absolute Gasteiger partial charge is 0.123 e. The predicted octanol–water partition coefficient (Wildman–Crippen LogP) is 2.73. The first-order chi connectivity index (χ1) is 7.02. The summed E-state index contributed by atoms with van der Waals surface area (Å²) in [6, 6.07) is 0. The summed E-state index contributed by atoms with van der Waals surface area (Å²) in [6.07, 6.45) is 8.26. The van der Waals surface area contributed by atoms with Gasteiger partial charge in [-0.3, -0.25) is 0 Å². The number of carbonyl (C=O) groups excluding carboxylic acids is 1. The molecule has 2 aliphatic rings. The standard InChI is InChI=1S/C13H20O2/c1-10-8-11-9-12(2,3)13(10,15-11)6-4-5-7-14/h4,6-7,10-11H,5,8-9H2,1-3H3. The number of aldehydes is 1. The molecule has 3 atom stereocenters. The Morgan fingerprint density at radius 3 is 2.73 bits per heavy atom. The van der Waals surface area contributed by atoms with Crippen molar-refractivity contribution in [3.05, 3.63) is 12.2 Å². The molecule has 2 heteroatoms. The van der Waals surface area contributed by atoms with Gasteiger partial charge in [0.05, 0.1) is 11.7 Å². The van der Waals surface area contributed by atoms with Gasteiger partial charge in [-0.15, -0.1) is 0 Å². The third-order valence-electron chi connectivity index (χ3n) is 4.10. The number of allylic oxidation sites excluding steroid dienone is 1. The molecule has 2 rings (SSSR count). The van der Waals surface area contributed by atoms with Gasteiger partial charge in [0, 0.05) is 11.8 Å². The minimum Gasteiger partial charge on any atom is -0.367 e. The molecule has 2 bridgehead atoms. The van der Waals surface area contributed by atoms with Crippen molar-refractivity contribution in [2.24, 2.45) is 11.3 Å². The SMILES string of the molecule is CC1CC2CC(C)(C)C1(C=CCC=O)O2. The van der Waals surface area contributed by atoms with Crippen LogP contribution in [0.3, 0.4) is 0 Å². The molecule has 2 saturated heterocycles. The van der Waals surface area contributed by atoms with E-state index in [4.69, 9.17) is 4.74 Å². The normalized spacial score (nSPS) is 42.6. The summed E-state index contributed by atoms with van der Waals surface area (Å²) in [7, 11) is 0. The third-order valence-corrected chi connectivity index (χ3v) is 4.10. The first-order valence-electron chi connectivity index (χ1n) is 5.81. The van der Waals surface area contributed by atoms with Crippen LogP contribution in [0.25, 0.3) is 0 Å². The highest BCUT2D eigenvalue weighted by Crippen LogP contribution is 2.58. The lowest BCUT2D eigenvalue weighted by atomic mass is 9.63. The van der Waals surface area contributed by atoms with Gasteiger partial charge < -0.3 is 9.53 Å². The van der Waals surface area contributed by atoms with E-state index in [0.29, 0.717) is 18.4 Å². The Bertz CT molecular complexity index is 293. The molecular weight excluding hydrogens is 188 g/mol. The Labute approximate surface area is 91.7 Å². The summed E-state index contributed by atoms with van der Waals surface area (Å²) in [4.78, 5) is 10.3. The van der Waals surface area contributed by atoms with Gasteiger partial charge in [0.1, 0.15) is 6.29 Å². The first-order valence-corrected chi connectivity index (χ1v) is 5.81. The van der Waals surface area contributed by atoms with E-state index in [0.717, 1.165) is 19.1 Å². The quantitative estimate of drug-likeness (QED) is 0.526. The third kappa shape index (κ3) is 1.46. The molecule has 15 heavy (non-hydrogen) atoms. The van der Waals surface area contributed by atoms with E-state index in [1.54, 1.807) is 0 Å². The summed E-state index contributed by atoms with van der Waals surface area (Å²) in [6.45, 7) is 6.80. The molecular formula is C13H20O2. The van der Waals surface area contributed by atoms with Crippen molar-refractivity contribution in [3.8, 4) is 0 Å². The number of rotatable bonds is 3. The molecule has 0 aromatic heterocycles. The maximum atomic E-state index is 10.3. The Morgan fingerprint density at radius 1 is 1.47 bits per heavy atom. The van der Waals surface area contributed by atoms with E-state index < -0.39 is 0 Å². The van der Waals surface area contributed by atoms with Crippen molar-refractivity contribution in [1.82, 2.24) is 0 Å². The molecule has 2 nitrogen and oxygen atoms in total. The van der Waals surface area contributed by atoms with Crippen molar-refractivity contribution in [2.45, 2.75) is 51.7 Å². The highest BCUT2D eigenvalue weighted by Gasteiger charge is 2.60. The Morgan fingerprint density at radius 2 is 2.20 bits per heavy atom. The molecule has 0 saturated carbocycles. The van der Waals surface area contributed by atoms with E-state index in [9.17, 15) is 4.79 Å². The summed E-state index contributed by atoms with van der Waals surface area (Å²) >= 11 is 0. The van der Waals surface area contributed by atoms with Crippen LogP contribution in [0.4, 0.5) is 0 Å². The van der Waals surface area contributed by atoms with Crippen LogP contribution in [0.1, 0.15) is 40.0 Å². The maximum Gasteiger partial charge on any atom is 0.123 e. The second-order valence-corrected chi connectivity index (χ2v) is 5.56. The van der Waals surface area contributed by atoms with Gasteiger partial charge in [0.2, 0.25) is 0 Å². The van der Waals surface area contributed by atoms with E-state index >= 15 is 0 Å². The van der Waals surface area contributed by atoms with Crippen molar-refractivity contribution < 1.29 is 9.53 Å². The molecule has 2 fully saturated rings. The van der Waals surface area contributed by atoms with Gasteiger partial charge in [0.25, 0.3) is 0 Å². The molecule has 0 aromatic carbocycles. The summed E-state index contributed by atoms with van der Waals surface area (Å²) in [5.41, 5.74) is 0.0788. The summed E-state index contributed by atoms with van der Waals surface area (Å²) < 4.78 is 6.13. The zero-order chi connectivity index (χ0) is 11.1. The number of carbonyl (C=O) groups is 1. The molecule has 0 spiro atoms. The van der Waals surface area contributed by atoms with Crippen molar-refractivity contribution in [2.75, 3.05) is 0 Å². The highest BCUT2D eigenvalue weighted by molar-refractivity contribution is 5.52. The average molecular weight is 208 g/mol. The molecule has 3 unspecified atom stereocenters. The Kier molecular flexibility index (Phi) is 2.50. The lowest BCUT2D eigenvalue weighted by Gasteiger charge is -2.41. The average Bonchev–Trinajstić information content (AvgIpc) is 2.55. The predicted molar refractivity (Wildman–Crippen MR) is 59.6 cm³/mol. The fourth-order valence-electron chi connectivity index (χ4n) is 3.42. The van der Waals surface area contributed by atoms with Crippen LogP contribution in [0.15, 0.2) is 12.2 Å². The Hall–Kier alpha value is -0.630. The van der Waals surface area contributed by atoms with Crippen LogP contribution in [0, 0.1) is 11.3 Å². The van der Waals surface area contributed by atoms with Gasteiger partial charge in [-0.1, -0.05) is 32.9 Å². The van der Waals surface area contributed by atoms with Crippen LogP contribution in [0.2, 0.25) is 0 Å². The van der Waals surface area contributed by atoms with Crippen LogP contribution in [-0.4, -0.2) is 18.0 Å². The molecule has 0 aliphatic carbocycles. The van der Waals surface area contributed by atoms with Gasteiger partial charge >= 0.3 is 0 Å². The molecule has 2 heterocycles. The number of ether oxygens (including phenoxy) is 1. The number of hydrogen-bond acceptors (Lipinski definition) is 2.